The molecule has 6 heteroatoms. The van der Waals surface area contributed by atoms with Crippen LogP contribution < -0.4 is 11.3 Å². The Bertz CT molecular complexity index is 296. The predicted octanol–water partition coefficient (Wildman–Crippen LogP) is -0.608. The SMILES string of the molecule is CC1(C)CN(C(=O)C(=O)NN)CC(C)(C)O1. The maximum absolute atomic E-state index is 11.7. The van der Waals surface area contributed by atoms with E-state index in [1.807, 2.05) is 33.1 Å². The molecule has 0 aromatic carbocycles. The summed E-state index contributed by atoms with van der Waals surface area (Å²) in [7, 11) is 0. The first kappa shape index (κ1) is 12.9. The second-order valence-electron chi connectivity index (χ2n) is 5.26. The van der Waals surface area contributed by atoms with Gasteiger partial charge in [0.05, 0.1) is 11.2 Å². The highest BCUT2D eigenvalue weighted by Gasteiger charge is 2.41. The number of nitrogens with two attached hydrogens (primary N) is 1. The summed E-state index contributed by atoms with van der Waals surface area (Å²) in [5, 5.41) is 0. The van der Waals surface area contributed by atoms with Gasteiger partial charge in [-0.1, -0.05) is 0 Å². The van der Waals surface area contributed by atoms with Crippen LogP contribution in [0.1, 0.15) is 27.7 Å². The number of nitrogens with one attached hydrogen (secondary N) is 1. The van der Waals surface area contributed by atoms with E-state index in [0.29, 0.717) is 13.1 Å². The number of morpholine rings is 1. The molecule has 0 saturated carbocycles. The van der Waals surface area contributed by atoms with Crippen LogP contribution in [0.25, 0.3) is 0 Å². The molecule has 0 bridgehead atoms. The zero-order valence-corrected chi connectivity index (χ0v) is 10.2. The second-order valence-corrected chi connectivity index (χ2v) is 5.26. The molecule has 16 heavy (non-hydrogen) atoms. The van der Waals surface area contributed by atoms with Gasteiger partial charge >= 0.3 is 11.8 Å². The van der Waals surface area contributed by atoms with Gasteiger partial charge in [-0.2, -0.15) is 0 Å². The van der Waals surface area contributed by atoms with Crippen molar-refractivity contribution in [3.8, 4) is 0 Å². The van der Waals surface area contributed by atoms with Crippen molar-refractivity contribution in [3.05, 3.63) is 0 Å². The number of hydrazine groups is 1. The molecule has 1 heterocycles. The molecule has 1 rings (SSSR count). The molecule has 0 radical (unpaired) electrons. The maximum atomic E-state index is 11.7. The molecule has 1 aliphatic rings. The molecule has 92 valence electrons. The van der Waals surface area contributed by atoms with Crippen molar-refractivity contribution in [1.29, 1.82) is 0 Å². The van der Waals surface area contributed by atoms with Crippen LogP contribution in [0.2, 0.25) is 0 Å². The molecule has 1 saturated heterocycles. The van der Waals surface area contributed by atoms with Gasteiger partial charge in [-0.25, -0.2) is 5.84 Å². The van der Waals surface area contributed by atoms with Gasteiger partial charge in [-0.3, -0.25) is 15.0 Å². The van der Waals surface area contributed by atoms with Crippen LogP contribution >= 0.6 is 0 Å². The van der Waals surface area contributed by atoms with Gasteiger partial charge < -0.3 is 9.64 Å². The van der Waals surface area contributed by atoms with E-state index in [1.54, 1.807) is 0 Å². The number of hydrogen-bond acceptors (Lipinski definition) is 4. The molecule has 1 aliphatic heterocycles. The third-order valence-corrected chi connectivity index (χ3v) is 2.31. The Labute approximate surface area is 95.1 Å². The molecule has 1 fully saturated rings. The summed E-state index contributed by atoms with van der Waals surface area (Å²) >= 11 is 0. The number of rotatable bonds is 0. The number of nitrogens with zero attached hydrogens (tertiary/aromatic N) is 1. The van der Waals surface area contributed by atoms with Crippen LogP contribution in [-0.2, 0) is 14.3 Å². The van der Waals surface area contributed by atoms with Gasteiger partial charge in [0.25, 0.3) is 0 Å². The Hall–Kier alpha value is -1.14. The Morgan fingerprint density at radius 3 is 2.00 bits per heavy atom. The van der Waals surface area contributed by atoms with Crippen molar-refractivity contribution in [2.24, 2.45) is 5.84 Å². The van der Waals surface area contributed by atoms with E-state index in [1.165, 1.54) is 4.90 Å². The largest absolute Gasteiger partial charge is 0.366 e. The molecular weight excluding hydrogens is 210 g/mol. The van der Waals surface area contributed by atoms with Crippen molar-refractivity contribution in [2.45, 2.75) is 38.9 Å². The molecule has 0 aliphatic carbocycles. The summed E-state index contributed by atoms with van der Waals surface area (Å²) < 4.78 is 5.80. The third-order valence-electron chi connectivity index (χ3n) is 2.31. The Morgan fingerprint density at radius 2 is 1.62 bits per heavy atom. The number of hydrogen-bond donors (Lipinski definition) is 2. The smallest absolute Gasteiger partial charge is 0.323 e. The van der Waals surface area contributed by atoms with E-state index in [2.05, 4.69) is 0 Å². The van der Waals surface area contributed by atoms with Crippen molar-refractivity contribution in [2.75, 3.05) is 13.1 Å². The third kappa shape index (κ3) is 2.93. The molecule has 0 unspecified atom stereocenters. The molecule has 0 aromatic heterocycles. The van der Waals surface area contributed by atoms with Crippen LogP contribution in [0.3, 0.4) is 0 Å². The summed E-state index contributed by atoms with van der Waals surface area (Å²) in [4.78, 5) is 24.3. The fourth-order valence-electron chi connectivity index (χ4n) is 2.14. The summed E-state index contributed by atoms with van der Waals surface area (Å²) in [6.45, 7) is 8.29. The standard InChI is InChI=1S/C10H19N3O3/c1-9(2)5-13(6-10(3,4)16-9)8(15)7(14)12-11/h5-6,11H2,1-4H3,(H,12,14). The minimum atomic E-state index is -0.798. The quantitative estimate of drug-likeness (QED) is 0.251. The van der Waals surface area contributed by atoms with E-state index in [0.717, 1.165) is 0 Å². The fourth-order valence-corrected chi connectivity index (χ4v) is 2.14. The zero-order valence-electron chi connectivity index (χ0n) is 10.2. The average Bonchev–Trinajstić information content (AvgIpc) is 2.10. The van der Waals surface area contributed by atoms with E-state index in [-0.39, 0.29) is 0 Å². The summed E-state index contributed by atoms with van der Waals surface area (Å²) in [6.07, 6.45) is 0. The summed E-state index contributed by atoms with van der Waals surface area (Å²) in [5.41, 5.74) is 0.914. The highest BCUT2D eigenvalue weighted by molar-refractivity contribution is 6.34. The molecule has 0 spiro atoms. The van der Waals surface area contributed by atoms with E-state index >= 15 is 0 Å². The molecule has 6 nitrogen and oxygen atoms in total. The highest BCUT2D eigenvalue weighted by Crippen LogP contribution is 2.27. The first-order valence-corrected chi connectivity index (χ1v) is 5.17. The average molecular weight is 229 g/mol. The number of amides is 2. The first-order chi connectivity index (χ1) is 7.17. The van der Waals surface area contributed by atoms with E-state index < -0.39 is 23.0 Å². The van der Waals surface area contributed by atoms with Gasteiger partial charge in [0.2, 0.25) is 0 Å². The van der Waals surface area contributed by atoms with Crippen molar-refractivity contribution >= 4 is 11.8 Å². The predicted molar refractivity (Wildman–Crippen MR) is 58.2 cm³/mol. The monoisotopic (exact) mass is 229 g/mol. The second kappa shape index (κ2) is 4.03. The Morgan fingerprint density at radius 1 is 1.19 bits per heavy atom. The lowest BCUT2D eigenvalue weighted by Crippen LogP contribution is -2.61. The zero-order chi connectivity index (χ0) is 12.6. The lowest BCUT2D eigenvalue weighted by atomic mass is 9.99. The van der Waals surface area contributed by atoms with Crippen LogP contribution in [0.5, 0.6) is 0 Å². The normalized spacial score (nSPS) is 22.7. The summed E-state index contributed by atoms with van der Waals surface area (Å²) in [5.74, 6) is 3.52. The van der Waals surface area contributed by atoms with Crippen molar-refractivity contribution < 1.29 is 14.3 Å². The van der Waals surface area contributed by atoms with Gasteiger partial charge in [0.15, 0.2) is 0 Å². The first-order valence-electron chi connectivity index (χ1n) is 5.17. The fraction of sp³-hybridized carbons (Fsp3) is 0.800. The van der Waals surface area contributed by atoms with Crippen molar-refractivity contribution in [1.82, 2.24) is 10.3 Å². The van der Waals surface area contributed by atoms with Gasteiger partial charge in [0, 0.05) is 13.1 Å². The maximum Gasteiger partial charge on any atom is 0.323 e. The van der Waals surface area contributed by atoms with E-state index in [9.17, 15) is 9.59 Å². The van der Waals surface area contributed by atoms with Crippen LogP contribution in [0.15, 0.2) is 0 Å². The Balaban J connectivity index is 2.82. The van der Waals surface area contributed by atoms with E-state index in [4.69, 9.17) is 10.6 Å². The molecule has 0 atom stereocenters. The molecule has 0 aromatic rings. The van der Waals surface area contributed by atoms with Gasteiger partial charge in [0.1, 0.15) is 0 Å². The summed E-state index contributed by atoms with van der Waals surface area (Å²) in [6, 6.07) is 0. The topological polar surface area (TPSA) is 84.7 Å². The molecular formula is C10H19N3O3. The number of ether oxygens (including phenoxy) is 1. The van der Waals surface area contributed by atoms with Gasteiger partial charge in [-0.15, -0.1) is 0 Å². The lowest BCUT2D eigenvalue weighted by Gasteiger charge is -2.46. The van der Waals surface area contributed by atoms with Crippen LogP contribution in [0, 0.1) is 0 Å². The van der Waals surface area contributed by atoms with Crippen molar-refractivity contribution in [3.63, 3.8) is 0 Å². The lowest BCUT2D eigenvalue weighted by molar-refractivity contribution is -0.188. The highest BCUT2D eigenvalue weighted by atomic mass is 16.5. The number of carbonyl (C=O) groups excluding carboxylic acids is 2. The van der Waals surface area contributed by atoms with Crippen LogP contribution in [0.4, 0.5) is 0 Å². The Kier molecular flexibility index (Phi) is 3.25. The molecule has 2 amide bonds. The minimum Gasteiger partial charge on any atom is -0.366 e. The van der Waals surface area contributed by atoms with Gasteiger partial charge in [-0.05, 0) is 27.7 Å². The van der Waals surface area contributed by atoms with Crippen LogP contribution in [-0.4, -0.2) is 41.0 Å². The minimum absolute atomic E-state index is 0.378. The molecule has 3 N–H and O–H groups in total. The number of carbonyl (C=O) groups is 2.